The third kappa shape index (κ3) is 5.20. The Hall–Kier alpha value is -5.02. The van der Waals surface area contributed by atoms with Crippen molar-refractivity contribution in [1.82, 2.24) is 44.4 Å². The number of rotatable bonds is 9. The van der Waals surface area contributed by atoms with Crippen LogP contribution in [0.15, 0.2) is 31.0 Å². The van der Waals surface area contributed by atoms with E-state index in [4.69, 9.17) is 14.2 Å². The Balaban J connectivity index is 1.24. The predicted molar refractivity (Wildman–Crippen MR) is 144 cm³/mol. The number of imidazole rings is 1. The smallest absolute Gasteiger partial charge is 0.434 e. The summed E-state index contributed by atoms with van der Waals surface area (Å²) in [7, 11) is 2.92. The van der Waals surface area contributed by atoms with Crippen molar-refractivity contribution in [1.29, 1.82) is 0 Å². The molecule has 5 aromatic heterocycles. The molecule has 12 nitrogen and oxygen atoms in total. The van der Waals surface area contributed by atoms with Gasteiger partial charge in [-0.3, -0.25) is 0 Å². The number of methoxy groups -OCH3 is 2. The zero-order valence-electron chi connectivity index (χ0n) is 23.3. The summed E-state index contributed by atoms with van der Waals surface area (Å²) in [5.41, 5.74) is 0.535. The normalized spacial score (nSPS) is 15.0. The van der Waals surface area contributed by atoms with Gasteiger partial charge in [-0.1, -0.05) is 0 Å². The lowest BCUT2D eigenvalue weighted by Crippen LogP contribution is -2.07. The van der Waals surface area contributed by atoms with Crippen LogP contribution in [0.4, 0.5) is 17.6 Å². The number of hydrogen-bond donors (Lipinski definition) is 0. The lowest BCUT2D eigenvalue weighted by molar-refractivity contribution is -0.140. The zero-order valence-corrected chi connectivity index (χ0v) is 23.3. The molecule has 2 aliphatic rings. The Kier molecular flexibility index (Phi) is 6.70. The number of fused-ring (bicyclic) bond motifs is 1. The lowest BCUT2D eigenvalue weighted by atomic mass is 10.1. The first-order valence-corrected chi connectivity index (χ1v) is 13.6. The van der Waals surface area contributed by atoms with Gasteiger partial charge in [0, 0.05) is 29.9 Å². The summed E-state index contributed by atoms with van der Waals surface area (Å²) < 4.78 is 73.5. The van der Waals surface area contributed by atoms with Crippen LogP contribution in [0.3, 0.4) is 0 Å². The molecular formula is C28H23F4N9O3. The van der Waals surface area contributed by atoms with Crippen LogP contribution in [0, 0.1) is 5.82 Å². The fourth-order valence-corrected chi connectivity index (χ4v) is 4.80. The Morgan fingerprint density at radius 3 is 2.41 bits per heavy atom. The molecule has 0 unspecified atom stereocenters. The fourth-order valence-electron chi connectivity index (χ4n) is 4.80. The van der Waals surface area contributed by atoms with Gasteiger partial charge in [0.15, 0.2) is 34.3 Å². The van der Waals surface area contributed by atoms with E-state index in [1.807, 2.05) is 0 Å². The molecule has 0 radical (unpaired) electrons. The van der Waals surface area contributed by atoms with Gasteiger partial charge in [0.05, 0.1) is 26.1 Å². The minimum atomic E-state index is -4.67. The predicted octanol–water partition coefficient (Wildman–Crippen LogP) is 5.10. The number of aromatic nitrogens is 9. The summed E-state index contributed by atoms with van der Waals surface area (Å²) in [6.07, 6.45) is 3.64. The molecule has 44 heavy (non-hydrogen) atoms. The highest BCUT2D eigenvalue weighted by Gasteiger charge is 2.38. The van der Waals surface area contributed by atoms with Crippen molar-refractivity contribution in [2.45, 2.75) is 50.4 Å². The monoisotopic (exact) mass is 609 g/mol. The third-order valence-electron chi connectivity index (χ3n) is 7.23. The molecule has 5 heterocycles. The van der Waals surface area contributed by atoms with E-state index in [1.54, 1.807) is 0 Å². The molecule has 0 aromatic carbocycles. The second kappa shape index (κ2) is 10.6. The summed E-state index contributed by atoms with van der Waals surface area (Å²) >= 11 is 0. The zero-order chi connectivity index (χ0) is 30.6. The Labute approximate surface area is 246 Å². The quantitative estimate of drug-likeness (QED) is 0.207. The van der Waals surface area contributed by atoms with E-state index in [0.717, 1.165) is 30.8 Å². The molecular weight excluding hydrogens is 586 g/mol. The minimum Gasteiger partial charge on any atom is -0.480 e. The van der Waals surface area contributed by atoms with Crippen molar-refractivity contribution >= 4 is 11.2 Å². The van der Waals surface area contributed by atoms with Crippen LogP contribution in [0.1, 0.15) is 54.6 Å². The molecule has 0 bridgehead atoms. The topological polar surface area (TPSA) is 136 Å². The first-order valence-electron chi connectivity index (χ1n) is 13.6. The highest BCUT2D eigenvalue weighted by molar-refractivity contribution is 5.79. The van der Waals surface area contributed by atoms with Crippen LogP contribution in [-0.2, 0) is 12.8 Å². The van der Waals surface area contributed by atoms with Gasteiger partial charge in [-0.25, -0.2) is 39.3 Å². The summed E-state index contributed by atoms with van der Waals surface area (Å²) in [6, 6.07) is 0.961. The van der Waals surface area contributed by atoms with E-state index < -0.39 is 17.7 Å². The maximum atomic E-state index is 15.3. The molecule has 16 heteroatoms. The van der Waals surface area contributed by atoms with Crippen molar-refractivity contribution in [3.8, 4) is 40.5 Å². The molecule has 5 aromatic rings. The summed E-state index contributed by atoms with van der Waals surface area (Å²) in [6.45, 7) is -0.211. The van der Waals surface area contributed by atoms with Gasteiger partial charge in [0.1, 0.15) is 24.2 Å². The Morgan fingerprint density at radius 1 is 0.909 bits per heavy atom. The second-order valence-electron chi connectivity index (χ2n) is 10.4. The SMILES string of the molecule is COc1cnc2nc(-c3c(OC)ncnc3C3CC3)nc(OCc3cnc(-c4nc(C(F)(F)F)cn4C4CC4)c(F)c3)c2n1. The van der Waals surface area contributed by atoms with Gasteiger partial charge < -0.3 is 18.8 Å². The minimum absolute atomic E-state index is 0.0210. The lowest BCUT2D eigenvalue weighted by Gasteiger charge is -2.13. The standard InChI is InChI=1S/C28H23F4N9O3/c1-42-18-9-34-24-22(38-18)27(40-23(39-24)19-20(14-3-4-14)35-12-36-26(19)43-2)44-11-13-7-16(29)21(33-8-13)25-37-17(28(30,31)32)10-41(25)15-5-6-15/h7-10,12,14-15H,3-6,11H2,1-2H3. The highest BCUT2D eigenvalue weighted by Crippen LogP contribution is 2.45. The number of alkyl halides is 3. The van der Waals surface area contributed by atoms with Crippen molar-refractivity contribution in [2.24, 2.45) is 0 Å². The van der Waals surface area contributed by atoms with E-state index >= 15 is 4.39 Å². The molecule has 226 valence electrons. The molecule has 7 rings (SSSR count). The number of pyridine rings is 1. The number of halogens is 4. The van der Waals surface area contributed by atoms with Crippen LogP contribution in [0.5, 0.6) is 17.6 Å². The first-order chi connectivity index (χ1) is 21.2. The van der Waals surface area contributed by atoms with Crippen molar-refractivity contribution in [3.05, 3.63) is 53.8 Å². The number of ether oxygens (including phenoxy) is 3. The average molecular weight is 610 g/mol. The molecule has 0 amide bonds. The van der Waals surface area contributed by atoms with Crippen molar-refractivity contribution in [3.63, 3.8) is 0 Å². The maximum Gasteiger partial charge on any atom is 0.434 e. The van der Waals surface area contributed by atoms with Gasteiger partial charge in [-0.2, -0.15) is 18.2 Å². The number of hydrogen-bond acceptors (Lipinski definition) is 11. The van der Waals surface area contributed by atoms with Crippen LogP contribution < -0.4 is 14.2 Å². The molecule has 0 aliphatic heterocycles. The van der Waals surface area contributed by atoms with Gasteiger partial charge in [-0.15, -0.1) is 0 Å². The van der Waals surface area contributed by atoms with Crippen LogP contribution in [0.25, 0.3) is 34.1 Å². The average Bonchev–Trinajstić information content (AvgIpc) is 3.97. The Bertz CT molecular complexity index is 1890. The molecule has 2 saturated carbocycles. The van der Waals surface area contributed by atoms with Crippen molar-refractivity contribution in [2.75, 3.05) is 14.2 Å². The largest absolute Gasteiger partial charge is 0.480 e. The van der Waals surface area contributed by atoms with Crippen LogP contribution in [0.2, 0.25) is 0 Å². The third-order valence-corrected chi connectivity index (χ3v) is 7.23. The van der Waals surface area contributed by atoms with Gasteiger partial charge in [0.25, 0.3) is 0 Å². The molecule has 0 atom stereocenters. The summed E-state index contributed by atoms with van der Waals surface area (Å²) in [5.74, 6) is -0.103. The molecule has 2 aliphatic carbocycles. The fraction of sp³-hybridized carbons (Fsp3) is 0.357. The molecule has 2 fully saturated rings. The second-order valence-corrected chi connectivity index (χ2v) is 10.4. The van der Waals surface area contributed by atoms with Gasteiger partial charge in [0.2, 0.25) is 17.6 Å². The van der Waals surface area contributed by atoms with Gasteiger partial charge in [-0.05, 0) is 31.7 Å². The van der Waals surface area contributed by atoms with E-state index in [9.17, 15) is 13.2 Å². The van der Waals surface area contributed by atoms with E-state index in [2.05, 4.69) is 39.9 Å². The molecule has 0 saturated heterocycles. The maximum absolute atomic E-state index is 15.3. The highest BCUT2D eigenvalue weighted by atomic mass is 19.4. The summed E-state index contributed by atoms with van der Waals surface area (Å²) in [4.78, 5) is 34.4. The summed E-state index contributed by atoms with van der Waals surface area (Å²) in [5, 5.41) is 0. The van der Waals surface area contributed by atoms with Gasteiger partial charge >= 0.3 is 6.18 Å². The van der Waals surface area contributed by atoms with E-state index in [0.29, 0.717) is 18.4 Å². The Morgan fingerprint density at radius 2 is 1.73 bits per heavy atom. The number of nitrogens with zero attached hydrogens (tertiary/aromatic N) is 9. The van der Waals surface area contributed by atoms with E-state index in [-0.39, 0.29) is 70.3 Å². The first kappa shape index (κ1) is 27.8. The molecule has 0 spiro atoms. The van der Waals surface area contributed by atoms with Crippen LogP contribution >= 0.6 is 0 Å². The van der Waals surface area contributed by atoms with Crippen LogP contribution in [-0.4, -0.2) is 58.7 Å². The van der Waals surface area contributed by atoms with E-state index in [1.165, 1.54) is 37.5 Å². The molecule has 0 N–H and O–H groups in total. The van der Waals surface area contributed by atoms with Crippen molar-refractivity contribution < 1.29 is 31.8 Å².